The van der Waals surface area contributed by atoms with Gasteiger partial charge in [-0.25, -0.2) is 8.42 Å². The number of ether oxygens (including phenoxy) is 1. The van der Waals surface area contributed by atoms with Gasteiger partial charge in [0.15, 0.2) is 9.84 Å². The highest BCUT2D eigenvalue weighted by Gasteiger charge is 2.34. The summed E-state index contributed by atoms with van der Waals surface area (Å²) < 4.78 is 29.1. The zero-order valence-electron chi connectivity index (χ0n) is 8.59. The van der Waals surface area contributed by atoms with E-state index in [-0.39, 0.29) is 24.5 Å². The third kappa shape index (κ3) is 1.82. The van der Waals surface area contributed by atoms with Crippen molar-refractivity contribution in [2.75, 3.05) is 13.2 Å². The van der Waals surface area contributed by atoms with Gasteiger partial charge in [-0.05, 0) is 11.6 Å². The minimum Gasteiger partial charge on any atom is -0.379 e. The third-order valence-corrected chi connectivity index (χ3v) is 4.76. The second-order valence-electron chi connectivity index (χ2n) is 3.65. The van der Waals surface area contributed by atoms with Crippen LogP contribution in [0, 0.1) is 11.3 Å². The molecule has 0 unspecified atom stereocenters. The lowest BCUT2D eigenvalue weighted by Crippen LogP contribution is -2.40. The zero-order chi connectivity index (χ0) is 11.6. The SMILES string of the molecule is N#CCc1ccccc1S(=O)(=O)C1COC1. The first-order valence-corrected chi connectivity index (χ1v) is 6.47. The van der Waals surface area contributed by atoms with Crippen molar-refractivity contribution >= 4 is 9.84 Å². The first-order chi connectivity index (χ1) is 7.66. The molecule has 0 aliphatic carbocycles. The van der Waals surface area contributed by atoms with Crippen LogP contribution in [-0.2, 0) is 21.0 Å². The van der Waals surface area contributed by atoms with Crippen LogP contribution >= 0.6 is 0 Å². The van der Waals surface area contributed by atoms with E-state index >= 15 is 0 Å². The van der Waals surface area contributed by atoms with Gasteiger partial charge in [-0.2, -0.15) is 5.26 Å². The third-order valence-electron chi connectivity index (χ3n) is 2.59. The maximum absolute atomic E-state index is 12.1. The Morgan fingerprint density at radius 2 is 2.06 bits per heavy atom. The fourth-order valence-corrected chi connectivity index (χ4v) is 3.27. The van der Waals surface area contributed by atoms with E-state index in [1.807, 2.05) is 6.07 Å². The van der Waals surface area contributed by atoms with E-state index in [4.69, 9.17) is 10.00 Å². The molecule has 0 amide bonds. The Morgan fingerprint density at radius 3 is 2.62 bits per heavy atom. The summed E-state index contributed by atoms with van der Waals surface area (Å²) >= 11 is 0. The Balaban J connectivity index is 2.43. The van der Waals surface area contributed by atoms with Gasteiger partial charge in [0, 0.05) is 0 Å². The van der Waals surface area contributed by atoms with E-state index in [1.54, 1.807) is 24.3 Å². The summed E-state index contributed by atoms with van der Waals surface area (Å²) in [7, 11) is -3.33. The summed E-state index contributed by atoms with van der Waals surface area (Å²) in [5, 5.41) is 8.20. The second kappa shape index (κ2) is 4.24. The van der Waals surface area contributed by atoms with Crippen LogP contribution in [0.5, 0.6) is 0 Å². The van der Waals surface area contributed by atoms with Crippen LogP contribution in [0.4, 0.5) is 0 Å². The van der Waals surface area contributed by atoms with Crippen LogP contribution < -0.4 is 0 Å². The molecular formula is C11H11NO3S. The Bertz CT molecular complexity index is 526. The van der Waals surface area contributed by atoms with Gasteiger partial charge in [-0.3, -0.25) is 0 Å². The van der Waals surface area contributed by atoms with Crippen LogP contribution in [0.2, 0.25) is 0 Å². The van der Waals surface area contributed by atoms with Gasteiger partial charge in [0.2, 0.25) is 0 Å². The Labute approximate surface area is 94.4 Å². The molecule has 0 spiro atoms. The summed E-state index contributed by atoms with van der Waals surface area (Å²) in [6.07, 6.45) is 0.114. The Morgan fingerprint density at radius 1 is 1.38 bits per heavy atom. The second-order valence-corrected chi connectivity index (χ2v) is 5.84. The molecular weight excluding hydrogens is 226 g/mol. The summed E-state index contributed by atoms with van der Waals surface area (Å²) in [6.45, 7) is 0.506. The maximum Gasteiger partial charge on any atom is 0.186 e. The van der Waals surface area contributed by atoms with Gasteiger partial charge >= 0.3 is 0 Å². The molecule has 2 rings (SSSR count). The molecule has 16 heavy (non-hydrogen) atoms. The maximum atomic E-state index is 12.1. The lowest BCUT2D eigenvalue weighted by molar-refractivity contribution is 0.0416. The molecule has 0 N–H and O–H groups in total. The van der Waals surface area contributed by atoms with Crippen molar-refractivity contribution in [2.24, 2.45) is 0 Å². The highest BCUT2D eigenvalue weighted by atomic mass is 32.2. The lowest BCUT2D eigenvalue weighted by atomic mass is 10.2. The molecule has 0 saturated carbocycles. The van der Waals surface area contributed by atoms with Crippen LogP contribution in [0.25, 0.3) is 0 Å². The van der Waals surface area contributed by atoms with Gasteiger partial charge < -0.3 is 4.74 Å². The van der Waals surface area contributed by atoms with Crippen molar-refractivity contribution in [3.8, 4) is 6.07 Å². The molecule has 1 heterocycles. The molecule has 1 aliphatic rings. The minimum absolute atomic E-state index is 0.114. The van der Waals surface area contributed by atoms with Gasteiger partial charge in [0.25, 0.3) is 0 Å². The number of hydrogen-bond acceptors (Lipinski definition) is 4. The first kappa shape index (κ1) is 11.1. The standard InChI is InChI=1S/C11H11NO3S/c12-6-5-9-3-1-2-4-11(9)16(13,14)10-7-15-8-10/h1-4,10H,5,7-8H2. The van der Waals surface area contributed by atoms with E-state index in [9.17, 15) is 8.42 Å². The average Bonchev–Trinajstić information content (AvgIpc) is 2.15. The van der Waals surface area contributed by atoms with Gasteiger partial charge in [-0.1, -0.05) is 18.2 Å². The van der Waals surface area contributed by atoms with Crippen molar-refractivity contribution in [2.45, 2.75) is 16.6 Å². The molecule has 1 aromatic rings. The van der Waals surface area contributed by atoms with E-state index < -0.39 is 15.1 Å². The molecule has 1 saturated heterocycles. The number of sulfone groups is 1. The number of benzene rings is 1. The number of nitrogens with zero attached hydrogens (tertiary/aromatic N) is 1. The van der Waals surface area contributed by atoms with Crippen molar-refractivity contribution in [1.29, 1.82) is 5.26 Å². The fourth-order valence-electron chi connectivity index (χ4n) is 1.59. The lowest BCUT2D eigenvalue weighted by Gasteiger charge is -2.26. The zero-order valence-corrected chi connectivity index (χ0v) is 9.40. The topological polar surface area (TPSA) is 67.2 Å². The molecule has 84 valence electrons. The first-order valence-electron chi connectivity index (χ1n) is 4.93. The van der Waals surface area contributed by atoms with Gasteiger partial charge in [0.05, 0.1) is 30.6 Å². The summed E-state index contributed by atoms with van der Waals surface area (Å²) in [5.74, 6) is 0. The smallest absolute Gasteiger partial charge is 0.186 e. The highest BCUT2D eigenvalue weighted by Crippen LogP contribution is 2.24. The summed E-state index contributed by atoms with van der Waals surface area (Å²) in [5.41, 5.74) is 0.567. The number of hydrogen-bond donors (Lipinski definition) is 0. The molecule has 1 aliphatic heterocycles. The van der Waals surface area contributed by atoms with E-state index in [0.717, 1.165) is 0 Å². The van der Waals surface area contributed by atoms with Crippen molar-refractivity contribution in [3.05, 3.63) is 29.8 Å². The summed E-state index contributed by atoms with van der Waals surface area (Å²) in [6, 6.07) is 8.62. The highest BCUT2D eigenvalue weighted by molar-refractivity contribution is 7.92. The molecule has 0 bridgehead atoms. The molecule has 0 atom stereocenters. The Kier molecular flexibility index (Phi) is 2.95. The van der Waals surface area contributed by atoms with Gasteiger partial charge in [0.1, 0.15) is 5.25 Å². The molecule has 5 heteroatoms. The molecule has 1 fully saturated rings. The monoisotopic (exact) mass is 237 g/mol. The fraction of sp³-hybridized carbons (Fsp3) is 0.364. The van der Waals surface area contributed by atoms with Crippen LogP contribution in [-0.4, -0.2) is 26.9 Å². The van der Waals surface area contributed by atoms with E-state index in [1.165, 1.54) is 0 Å². The van der Waals surface area contributed by atoms with Crippen molar-refractivity contribution in [1.82, 2.24) is 0 Å². The van der Waals surface area contributed by atoms with Gasteiger partial charge in [-0.15, -0.1) is 0 Å². The molecule has 0 radical (unpaired) electrons. The van der Waals surface area contributed by atoms with Crippen LogP contribution in [0.1, 0.15) is 5.56 Å². The normalized spacial score (nSPS) is 16.4. The average molecular weight is 237 g/mol. The molecule has 0 aromatic heterocycles. The number of rotatable bonds is 3. The number of nitriles is 1. The van der Waals surface area contributed by atoms with Crippen molar-refractivity contribution < 1.29 is 13.2 Å². The van der Waals surface area contributed by atoms with E-state index in [2.05, 4.69) is 0 Å². The largest absolute Gasteiger partial charge is 0.379 e. The Hall–Kier alpha value is -1.38. The molecule has 1 aromatic carbocycles. The predicted molar refractivity (Wildman–Crippen MR) is 57.6 cm³/mol. The minimum atomic E-state index is -3.33. The van der Waals surface area contributed by atoms with Crippen LogP contribution in [0.3, 0.4) is 0 Å². The van der Waals surface area contributed by atoms with Crippen molar-refractivity contribution in [3.63, 3.8) is 0 Å². The quantitative estimate of drug-likeness (QED) is 0.784. The van der Waals surface area contributed by atoms with E-state index in [0.29, 0.717) is 5.56 Å². The van der Waals surface area contributed by atoms with Crippen LogP contribution in [0.15, 0.2) is 29.2 Å². The molecule has 4 nitrogen and oxygen atoms in total. The predicted octanol–water partition coefficient (Wildman–Crippen LogP) is 0.925. The summed E-state index contributed by atoms with van der Waals surface area (Å²) in [4.78, 5) is 0.268.